The highest BCUT2D eigenvalue weighted by molar-refractivity contribution is 5.74. The van der Waals surface area contributed by atoms with Gasteiger partial charge in [0.05, 0.1) is 19.8 Å². The summed E-state index contributed by atoms with van der Waals surface area (Å²) in [6, 6.07) is 0.00259. The number of unbranched alkanes of at least 4 members (excludes halogenated alkanes) is 2. The predicted octanol–water partition coefficient (Wildman–Crippen LogP) is 0.808. The van der Waals surface area contributed by atoms with E-state index >= 15 is 0 Å². The van der Waals surface area contributed by atoms with Gasteiger partial charge in [-0.05, 0) is 19.3 Å². The van der Waals surface area contributed by atoms with Crippen molar-refractivity contribution in [2.24, 2.45) is 0 Å². The van der Waals surface area contributed by atoms with E-state index in [2.05, 4.69) is 15.4 Å². The molecule has 104 valence electrons. The summed E-state index contributed by atoms with van der Waals surface area (Å²) < 4.78 is 9.70. The van der Waals surface area contributed by atoms with Gasteiger partial charge < -0.3 is 20.1 Å². The van der Waals surface area contributed by atoms with Gasteiger partial charge in [-0.3, -0.25) is 4.79 Å². The fourth-order valence-corrected chi connectivity index (χ4v) is 1.76. The third kappa shape index (κ3) is 6.44. The van der Waals surface area contributed by atoms with E-state index in [9.17, 15) is 9.59 Å². The van der Waals surface area contributed by atoms with E-state index < -0.39 is 0 Å². The van der Waals surface area contributed by atoms with Gasteiger partial charge in [-0.1, -0.05) is 6.42 Å². The summed E-state index contributed by atoms with van der Waals surface area (Å²) in [5, 5.41) is 5.64. The first kappa shape index (κ1) is 14.8. The molecule has 0 saturated carbocycles. The van der Waals surface area contributed by atoms with Crippen molar-refractivity contribution < 1.29 is 19.1 Å². The molecule has 2 N–H and O–H groups in total. The second-order valence-corrected chi connectivity index (χ2v) is 4.35. The molecule has 1 atom stereocenters. The average Bonchev–Trinajstić information content (AvgIpc) is 2.85. The van der Waals surface area contributed by atoms with Crippen LogP contribution in [0, 0.1) is 0 Å². The standard InChI is InChI=1S/C12H22N2O4/c1-17-11(15)5-3-2-4-7-13-12(16)14-10-6-8-18-9-10/h10H,2-9H2,1H3,(H2,13,14,16). The molecule has 2 amide bonds. The number of rotatable bonds is 7. The Kier molecular flexibility index (Phi) is 7.17. The quantitative estimate of drug-likeness (QED) is 0.523. The molecule has 1 aliphatic rings. The van der Waals surface area contributed by atoms with Crippen molar-refractivity contribution in [1.29, 1.82) is 0 Å². The summed E-state index contributed by atoms with van der Waals surface area (Å²) in [5.41, 5.74) is 0. The van der Waals surface area contributed by atoms with Gasteiger partial charge in [0, 0.05) is 19.6 Å². The Balaban J connectivity index is 1.90. The van der Waals surface area contributed by atoms with E-state index in [0.717, 1.165) is 32.3 Å². The Hall–Kier alpha value is -1.30. The van der Waals surface area contributed by atoms with Crippen molar-refractivity contribution in [3.63, 3.8) is 0 Å². The van der Waals surface area contributed by atoms with Crippen molar-refractivity contribution >= 4 is 12.0 Å². The van der Waals surface area contributed by atoms with Crippen LogP contribution < -0.4 is 10.6 Å². The van der Waals surface area contributed by atoms with Crippen LogP contribution in [0.15, 0.2) is 0 Å². The largest absolute Gasteiger partial charge is 0.469 e. The van der Waals surface area contributed by atoms with Gasteiger partial charge in [-0.25, -0.2) is 4.79 Å². The van der Waals surface area contributed by atoms with Crippen molar-refractivity contribution in [3.05, 3.63) is 0 Å². The first-order valence-electron chi connectivity index (χ1n) is 6.41. The summed E-state index contributed by atoms with van der Waals surface area (Å²) in [7, 11) is 1.39. The molecular weight excluding hydrogens is 236 g/mol. The van der Waals surface area contributed by atoms with Gasteiger partial charge >= 0.3 is 12.0 Å². The first-order valence-corrected chi connectivity index (χ1v) is 6.41. The number of hydrogen-bond donors (Lipinski definition) is 2. The van der Waals surface area contributed by atoms with Crippen LogP contribution in [0.3, 0.4) is 0 Å². The third-order valence-corrected chi connectivity index (χ3v) is 2.84. The number of urea groups is 1. The second-order valence-electron chi connectivity index (χ2n) is 4.35. The topological polar surface area (TPSA) is 76.7 Å². The smallest absolute Gasteiger partial charge is 0.315 e. The van der Waals surface area contributed by atoms with E-state index in [1.165, 1.54) is 7.11 Å². The van der Waals surface area contributed by atoms with Gasteiger partial charge in [-0.15, -0.1) is 0 Å². The maximum atomic E-state index is 11.4. The molecule has 6 nitrogen and oxygen atoms in total. The lowest BCUT2D eigenvalue weighted by atomic mass is 10.2. The second kappa shape index (κ2) is 8.74. The Morgan fingerprint density at radius 1 is 1.33 bits per heavy atom. The summed E-state index contributed by atoms with van der Waals surface area (Å²) in [6.45, 7) is 1.95. The number of hydrogen-bond acceptors (Lipinski definition) is 4. The monoisotopic (exact) mass is 258 g/mol. The van der Waals surface area contributed by atoms with Gasteiger partial charge in [0.2, 0.25) is 0 Å². The minimum Gasteiger partial charge on any atom is -0.469 e. The van der Waals surface area contributed by atoms with Crippen LogP contribution in [0.25, 0.3) is 0 Å². The SMILES string of the molecule is COC(=O)CCCCCNC(=O)NC1CCOC1. The molecule has 0 aliphatic carbocycles. The van der Waals surface area contributed by atoms with Gasteiger partial charge in [0.25, 0.3) is 0 Å². The van der Waals surface area contributed by atoms with Crippen LogP contribution in [0.1, 0.15) is 32.1 Å². The van der Waals surface area contributed by atoms with Crippen LogP contribution in [0.5, 0.6) is 0 Å². The molecule has 1 fully saturated rings. The first-order chi connectivity index (χ1) is 8.72. The van der Waals surface area contributed by atoms with Crippen LogP contribution in [-0.2, 0) is 14.3 Å². The van der Waals surface area contributed by atoms with Crippen molar-refractivity contribution in [2.45, 2.75) is 38.1 Å². The molecule has 1 rings (SSSR count). The van der Waals surface area contributed by atoms with Crippen molar-refractivity contribution in [3.8, 4) is 0 Å². The fourth-order valence-electron chi connectivity index (χ4n) is 1.76. The highest BCUT2D eigenvalue weighted by Gasteiger charge is 2.17. The van der Waals surface area contributed by atoms with Gasteiger partial charge in [-0.2, -0.15) is 0 Å². The number of nitrogens with one attached hydrogen (secondary N) is 2. The highest BCUT2D eigenvalue weighted by atomic mass is 16.5. The van der Waals surface area contributed by atoms with Crippen LogP contribution in [0.2, 0.25) is 0 Å². The van der Waals surface area contributed by atoms with Crippen LogP contribution in [-0.4, -0.2) is 44.9 Å². The van der Waals surface area contributed by atoms with Crippen molar-refractivity contribution in [1.82, 2.24) is 10.6 Å². The molecule has 1 aliphatic heterocycles. The van der Waals surface area contributed by atoms with Crippen LogP contribution in [0.4, 0.5) is 4.79 Å². The molecular formula is C12H22N2O4. The average molecular weight is 258 g/mol. The summed E-state index contributed by atoms with van der Waals surface area (Å²) in [4.78, 5) is 22.3. The molecule has 0 spiro atoms. The Labute approximate surface area is 107 Å². The number of carbonyl (C=O) groups excluding carboxylic acids is 2. The minimum absolute atomic E-state index is 0.140. The Bertz CT molecular complexity index is 265. The number of amides is 2. The van der Waals surface area contributed by atoms with Gasteiger partial charge in [0.15, 0.2) is 0 Å². The third-order valence-electron chi connectivity index (χ3n) is 2.84. The molecule has 6 heteroatoms. The zero-order valence-electron chi connectivity index (χ0n) is 10.9. The maximum absolute atomic E-state index is 11.4. The predicted molar refractivity (Wildman–Crippen MR) is 66.2 cm³/mol. The number of esters is 1. The number of methoxy groups -OCH3 is 1. The Morgan fingerprint density at radius 2 is 2.17 bits per heavy atom. The van der Waals surface area contributed by atoms with E-state index in [4.69, 9.17) is 4.74 Å². The Morgan fingerprint density at radius 3 is 2.83 bits per heavy atom. The summed E-state index contributed by atoms with van der Waals surface area (Å²) in [5.74, 6) is -0.179. The molecule has 18 heavy (non-hydrogen) atoms. The molecule has 1 heterocycles. The summed E-state index contributed by atoms with van der Waals surface area (Å²) in [6.07, 6.45) is 3.90. The normalized spacial score (nSPS) is 18.4. The van der Waals surface area contributed by atoms with E-state index in [0.29, 0.717) is 19.6 Å². The molecule has 1 unspecified atom stereocenters. The number of ether oxygens (including phenoxy) is 2. The molecule has 0 aromatic rings. The minimum atomic E-state index is -0.179. The van der Waals surface area contributed by atoms with Crippen LogP contribution >= 0.6 is 0 Å². The molecule has 0 bridgehead atoms. The van der Waals surface area contributed by atoms with Crippen molar-refractivity contribution in [2.75, 3.05) is 26.9 Å². The van der Waals surface area contributed by atoms with E-state index in [1.54, 1.807) is 0 Å². The maximum Gasteiger partial charge on any atom is 0.315 e. The lowest BCUT2D eigenvalue weighted by molar-refractivity contribution is -0.140. The van der Waals surface area contributed by atoms with E-state index in [1.807, 2.05) is 0 Å². The lowest BCUT2D eigenvalue weighted by Crippen LogP contribution is -2.42. The number of carbonyl (C=O) groups is 2. The van der Waals surface area contributed by atoms with Gasteiger partial charge in [0.1, 0.15) is 0 Å². The van der Waals surface area contributed by atoms with E-state index in [-0.39, 0.29) is 18.0 Å². The highest BCUT2D eigenvalue weighted by Crippen LogP contribution is 2.03. The molecule has 0 radical (unpaired) electrons. The lowest BCUT2D eigenvalue weighted by Gasteiger charge is -2.11. The summed E-state index contributed by atoms with van der Waals surface area (Å²) >= 11 is 0. The molecule has 1 saturated heterocycles. The zero-order chi connectivity index (χ0) is 13.2. The molecule has 0 aromatic heterocycles. The fraction of sp³-hybridized carbons (Fsp3) is 0.833. The molecule has 0 aromatic carbocycles. The zero-order valence-corrected chi connectivity index (χ0v) is 10.9.